The molecule has 0 aliphatic carbocycles. The van der Waals surface area contributed by atoms with Crippen LogP contribution in [0.2, 0.25) is 0 Å². The van der Waals surface area contributed by atoms with Crippen LogP contribution in [-0.2, 0) is 11.3 Å². The average Bonchev–Trinajstić information content (AvgIpc) is 3.04. The van der Waals surface area contributed by atoms with Gasteiger partial charge in [0.15, 0.2) is 5.96 Å². The maximum Gasteiger partial charge on any atom is 0.227 e. The summed E-state index contributed by atoms with van der Waals surface area (Å²) in [6.45, 7) is 8.73. The van der Waals surface area contributed by atoms with Gasteiger partial charge in [-0.1, -0.05) is 26.0 Å². The van der Waals surface area contributed by atoms with Crippen molar-refractivity contribution in [1.29, 1.82) is 0 Å². The van der Waals surface area contributed by atoms with Crippen LogP contribution >= 0.6 is 0 Å². The lowest BCUT2D eigenvalue weighted by Crippen LogP contribution is -2.40. The molecule has 1 aliphatic rings. The minimum absolute atomic E-state index is 0.00336. The number of benzene rings is 1. The van der Waals surface area contributed by atoms with Crippen LogP contribution in [0.1, 0.15) is 39.2 Å². The van der Waals surface area contributed by atoms with E-state index in [2.05, 4.69) is 20.5 Å². The molecular weight excluding hydrogens is 316 g/mol. The number of aliphatic hydroxyl groups is 1. The van der Waals surface area contributed by atoms with Gasteiger partial charge in [0.25, 0.3) is 0 Å². The Kier molecular flexibility index (Phi) is 7.25. The number of aliphatic imine (C=N–C) groups is 1. The maximum absolute atomic E-state index is 12.0. The van der Waals surface area contributed by atoms with Crippen LogP contribution < -0.4 is 10.6 Å². The summed E-state index contributed by atoms with van der Waals surface area (Å²) in [5.41, 5.74) is 1.84. The number of β-amino-alcohol motifs (C(OH)–C–C–N with tert-alkyl or cyclic N) is 1. The fourth-order valence-electron chi connectivity index (χ4n) is 2.72. The quantitative estimate of drug-likeness (QED) is 0.545. The van der Waals surface area contributed by atoms with Crippen LogP contribution in [-0.4, -0.2) is 47.6 Å². The Morgan fingerprint density at radius 2 is 2.24 bits per heavy atom. The molecule has 2 rings (SSSR count). The second-order valence-electron chi connectivity index (χ2n) is 6.56. The monoisotopic (exact) mass is 346 g/mol. The summed E-state index contributed by atoms with van der Waals surface area (Å²) >= 11 is 0. The number of nitrogens with one attached hydrogen (secondary N) is 2. The van der Waals surface area contributed by atoms with Crippen molar-refractivity contribution < 1.29 is 9.90 Å². The SMILES string of the molecule is CCNC(=NCc1cccc(NC(=O)C(C)CC)c1)N1CC[C@@H](O)C1. The van der Waals surface area contributed by atoms with Gasteiger partial charge >= 0.3 is 0 Å². The number of nitrogens with zero attached hydrogens (tertiary/aromatic N) is 2. The lowest BCUT2D eigenvalue weighted by molar-refractivity contribution is -0.119. The third-order valence-electron chi connectivity index (χ3n) is 4.46. The summed E-state index contributed by atoms with van der Waals surface area (Å²) in [4.78, 5) is 18.8. The first kappa shape index (κ1) is 19.2. The summed E-state index contributed by atoms with van der Waals surface area (Å²) in [7, 11) is 0. The highest BCUT2D eigenvalue weighted by Gasteiger charge is 2.22. The number of aliphatic hydroxyl groups excluding tert-OH is 1. The smallest absolute Gasteiger partial charge is 0.227 e. The van der Waals surface area contributed by atoms with Crippen LogP contribution in [0.3, 0.4) is 0 Å². The van der Waals surface area contributed by atoms with Crippen molar-refractivity contribution in [2.24, 2.45) is 10.9 Å². The molecule has 6 nitrogen and oxygen atoms in total. The Balaban J connectivity index is 2.03. The summed E-state index contributed by atoms with van der Waals surface area (Å²) in [5, 5.41) is 16.0. The van der Waals surface area contributed by atoms with Crippen molar-refractivity contribution in [1.82, 2.24) is 10.2 Å². The van der Waals surface area contributed by atoms with Gasteiger partial charge in [-0.25, -0.2) is 4.99 Å². The highest BCUT2D eigenvalue weighted by Crippen LogP contribution is 2.15. The topological polar surface area (TPSA) is 77.0 Å². The van der Waals surface area contributed by atoms with Gasteiger partial charge in [-0.15, -0.1) is 0 Å². The lowest BCUT2D eigenvalue weighted by Gasteiger charge is -2.21. The standard InChI is InChI=1S/C19H30N4O2/c1-4-14(3)18(25)22-16-8-6-7-15(11-16)12-21-19(20-5-2)23-10-9-17(24)13-23/h6-8,11,14,17,24H,4-5,9-10,12-13H2,1-3H3,(H,20,21)(H,22,25)/t14?,17-/m1/s1. The first-order valence-electron chi connectivity index (χ1n) is 9.14. The summed E-state index contributed by atoms with van der Waals surface area (Å²) < 4.78 is 0. The molecule has 1 aromatic rings. The molecule has 6 heteroatoms. The van der Waals surface area contributed by atoms with E-state index in [4.69, 9.17) is 0 Å². The van der Waals surface area contributed by atoms with E-state index in [1.54, 1.807) is 0 Å². The molecule has 0 bridgehead atoms. The summed E-state index contributed by atoms with van der Waals surface area (Å²) in [6.07, 6.45) is 1.33. The Bertz CT molecular complexity index is 603. The number of anilines is 1. The molecule has 0 spiro atoms. The van der Waals surface area contributed by atoms with Crippen molar-refractivity contribution in [2.75, 3.05) is 25.0 Å². The molecule has 1 fully saturated rings. The molecule has 1 aromatic carbocycles. The zero-order valence-electron chi connectivity index (χ0n) is 15.5. The zero-order chi connectivity index (χ0) is 18.2. The molecule has 1 amide bonds. The Morgan fingerprint density at radius 3 is 2.88 bits per heavy atom. The van der Waals surface area contributed by atoms with E-state index in [9.17, 15) is 9.90 Å². The number of guanidine groups is 1. The van der Waals surface area contributed by atoms with Gasteiger partial charge in [0, 0.05) is 31.2 Å². The molecule has 138 valence electrons. The Hall–Kier alpha value is -2.08. The van der Waals surface area contributed by atoms with E-state index in [1.165, 1.54) is 0 Å². The molecule has 0 saturated carbocycles. The van der Waals surface area contributed by atoms with Gasteiger partial charge in [0.05, 0.1) is 12.6 Å². The average molecular weight is 346 g/mol. The third-order valence-corrected chi connectivity index (χ3v) is 4.46. The molecule has 1 unspecified atom stereocenters. The number of rotatable bonds is 6. The highest BCUT2D eigenvalue weighted by atomic mass is 16.3. The van der Waals surface area contributed by atoms with E-state index in [0.29, 0.717) is 13.1 Å². The maximum atomic E-state index is 12.0. The van der Waals surface area contributed by atoms with E-state index in [1.807, 2.05) is 45.0 Å². The fourth-order valence-corrected chi connectivity index (χ4v) is 2.72. The number of carbonyl (C=O) groups is 1. The molecule has 3 N–H and O–H groups in total. The first-order valence-corrected chi connectivity index (χ1v) is 9.14. The predicted octanol–water partition coefficient (Wildman–Crippen LogP) is 2.20. The number of amides is 1. The molecule has 25 heavy (non-hydrogen) atoms. The van der Waals surface area contributed by atoms with Gasteiger partial charge in [-0.05, 0) is 37.5 Å². The first-order chi connectivity index (χ1) is 12.0. The molecular formula is C19H30N4O2. The molecule has 1 aliphatic heterocycles. The van der Waals surface area contributed by atoms with Crippen LogP contribution in [0.4, 0.5) is 5.69 Å². The number of hydrogen-bond acceptors (Lipinski definition) is 3. The van der Waals surface area contributed by atoms with Gasteiger partial charge in [-0.2, -0.15) is 0 Å². The summed E-state index contributed by atoms with van der Waals surface area (Å²) in [5.74, 6) is 0.874. The molecule has 0 aromatic heterocycles. The number of carbonyl (C=O) groups excluding carboxylic acids is 1. The molecule has 0 radical (unpaired) electrons. The predicted molar refractivity (Wildman–Crippen MR) is 102 cm³/mol. The molecule has 1 heterocycles. The van der Waals surface area contributed by atoms with Gasteiger partial charge < -0.3 is 20.6 Å². The van der Waals surface area contributed by atoms with E-state index >= 15 is 0 Å². The van der Waals surface area contributed by atoms with E-state index in [-0.39, 0.29) is 17.9 Å². The van der Waals surface area contributed by atoms with E-state index < -0.39 is 0 Å². The van der Waals surface area contributed by atoms with E-state index in [0.717, 1.165) is 43.1 Å². The second-order valence-corrected chi connectivity index (χ2v) is 6.56. The van der Waals surface area contributed by atoms with Crippen LogP contribution in [0, 0.1) is 5.92 Å². The normalized spacial score (nSPS) is 19.0. The Morgan fingerprint density at radius 1 is 1.44 bits per heavy atom. The minimum atomic E-state index is -0.275. The van der Waals surface area contributed by atoms with Gasteiger partial charge in [0.1, 0.15) is 0 Å². The van der Waals surface area contributed by atoms with Crippen LogP contribution in [0.5, 0.6) is 0 Å². The molecule has 2 atom stereocenters. The van der Waals surface area contributed by atoms with Gasteiger partial charge in [-0.3, -0.25) is 4.79 Å². The third kappa shape index (κ3) is 5.74. The lowest BCUT2D eigenvalue weighted by atomic mass is 10.1. The van der Waals surface area contributed by atoms with Crippen molar-refractivity contribution in [3.8, 4) is 0 Å². The minimum Gasteiger partial charge on any atom is -0.391 e. The Labute approximate surface area is 150 Å². The van der Waals surface area contributed by atoms with Gasteiger partial charge in [0.2, 0.25) is 5.91 Å². The second kappa shape index (κ2) is 9.42. The summed E-state index contributed by atoms with van der Waals surface area (Å²) in [6, 6.07) is 7.80. The largest absolute Gasteiger partial charge is 0.391 e. The number of hydrogen-bond donors (Lipinski definition) is 3. The van der Waals surface area contributed by atoms with Crippen molar-refractivity contribution in [3.05, 3.63) is 29.8 Å². The van der Waals surface area contributed by atoms with Crippen LogP contribution in [0.25, 0.3) is 0 Å². The fraction of sp³-hybridized carbons (Fsp3) is 0.579. The van der Waals surface area contributed by atoms with Crippen molar-refractivity contribution in [3.63, 3.8) is 0 Å². The van der Waals surface area contributed by atoms with Crippen molar-refractivity contribution >= 4 is 17.6 Å². The van der Waals surface area contributed by atoms with Crippen molar-refractivity contribution in [2.45, 2.75) is 46.3 Å². The highest BCUT2D eigenvalue weighted by molar-refractivity contribution is 5.92. The van der Waals surface area contributed by atoms with Crippen LogP contribution in [0.15, 0.2) is 29.3 Å². The molecule has 1 saturated heterocycles. The number of likely N-dealkylation sites (tertiary alicyclic amines) is 1. The zero-order valence-corrected chi connectivity index (χ0v) is 15.5.